The molecule has 1 N–H and O–H groups in total. The molecule has 0 saturated carbocycles. The Hall–Kier alpha value is -1.84. The van der Waals surface area contributed by atoms with Crippen molar-refractivity contribution in [1.29, 1.82) is 0 Å². The van der Waals surface area contributed by atoms with Gasteiger partial charge in [0.05, 0.1) is 19.4 Å². The molecule has 8 nitrogen and oxygen atoms in total. The first-order chi connectivity index (χ1) is 12.9. The molecule has 2 aliphatic heterocycles. The first-order valence-electron chi connectivity index (χ1n) is 9.10. The molecule has 2 heterocycles. The number of likely N-dealkylation sites (tertiary alicyclic amines) is 1. The molecule has 9 heteroatoms. The van der Waals surface area contributed by atoms with Crippen molar-refractivity contribution in [3.05, 3.63) is 29.8 Å². The zero-order valence-electron chi connectivity index (χ0n) is 15.8. The molecule has 3 rings (SSSR count). The summed E-state index contributed by atoms with van der Waals surface area (Å²) in [6.07, 6.45) is 2.65. The van der Waals surface area contributed by atoms with Gasteiger partial charge in [0.1, 0.15) is 5.75 Å². The van der Waals surface area contributed by atoms with Gasteiger partial charge in [-0.3, -0.25) is 0 Å². The maximum atomic E-state index is 12.3. The summed E-state index contributed by atoms with van der Waals surface area (Å²) in [6.45, 7) is 2.41. The number of methoxy groups -OCH3 is 1. The average Bonchev–Trinajstić information content (AvgIpc) is 2.62. The lowest BCUT2D eigenvalue weighted by Crippen LogP contribution is -2.66. The third-order valence-corrected chi connectivity index (χ3v) is 6.41. The van der Waals surface area contributed by atoms with Crippen LogP contribution < -0.4 is 10.1 Å². The third kappa shape index (κ3) is 4.91. The molecule has 0 radical (unpaired) electrons. The van der Waals surface area contributed by atoms with Gasteiger partial charge in [0.2, 0.25) is 10.0 Å². The maximum absolute atomic E-state index is 12.3. The average molecular weight is 397 g/mol. The standard InChI is InChI=1S/C18H27N3O5S/c1-25-17-5-3-14(4-6-17)11-19-18(22)20-12-16(13-20)21(27(2,23)24)15-7-9-26-10-8-15/h3-6,15-16H,7-13H2,1-2H3,(H,19,22). The first kappa shape index (κ1) is 19.9. The summed E-state index contributed by atoms with van der Waals surface area (Å²) >= 11 is 0. The number of urea groups is 1. The summed E-state index contributed by atoms with van der Waals surface area (Å²) in [7, 11) is -1.72. The number of amides is 2. The Morgan fingerprint density at radius 3 is 2.41 bits per heavy atom. The number of rotatable bonds is 6. The van der Waals surface area contributed by atoms with E-state index < -0.39 is 10.0 Å². The quantitative estimate of drug-likeness (QED) is 0.775. The van der Waals surface area contributed by atoms with Crippen LogP contribution in [0, 0.1) is 0 Å². The summed E-state index contributed by atoms with van der Waals surface area (Å²) in [5.41, 5.74) is 0.973. The van der Waals surface area contributed by atoms with E-state index in [9.17, 15) is 13.2 Å². The second kappa shape index (κ2) is 8.45. The van der Waals surface area contributed by atoms with Crippen molar-refractivity contribution in [2.45, 2.75) is 31.5 Å². The van der Waals surface area contributed by atoms with Crippen LogP contribution in [0.15, 0.2) is 24.3 Å². The Morgan fingerprint density at radius 1 is 1.22 bits per heavy atom. The zero-order valence-corrected chi connectivity index (χ0v) is 16.6. The molecule has 2 aliphatic rings. The number of benzene rings is 1. The van der Waals surface area contributed by atoms with Gasteiger partial charge in [0.15, 0.2) is 0 Å². The predicted octanol–water partition coefficient (Wildman–Crippen LogP) is 1.03. The van der Waals surface area contributed by atoms with Gasteiger partial charge in [-0.1, -0.05) is 12.1 Å². The van der Waals surface area contributed by atoms with Crippen molar-refractivity contribution in [3.63, 3.8) is 0 Å². The van der Waals surface area contributed by atoms with Crippen LogP contribution in [0.25, 0.3) is 0 Å². The minimum Gasteiger partial charge on any atom is -0.497 e. The molecule has 0 aromatic heterocycles. The first-order valence-corrected chi connectivity index (χ1v) is 11.0. The van der Waals surface area contributed by atoms with E-state index >= 15 is 0 Å². The van der Waals surface area contributed by atoms with Gasteiger partial charge < -0.3 is 19.7 Å². The lowest BCUT2D eigenvalue weighted by molar-refractivity contribution is 0.0230. The molecule has 0 bridgehead atoms. The normalized spacial score (nSPS) is 19.0. The second-order valence-electron chi connectivity index (χ2n) is 7.00. The Balaban J connectivity index is 1.51. The summed E-state index contributed by atoms with van der Waals surface area (Å²) in [4.78, 5) is 14.0. The highest BCUT2D eigenvalue weighted by atomic mass is 32.2. The van der Waals surface area contributed by atoms with Crippen LogP contribution >= 0.6 is 0 Å². The van der Waals surface area contributed by atoms with Crippen LogP contribution in [0.1, 0.15) is 18.4 Å². The minimum absolute atomic E-state index is 0.0386. The van der Waals surface area contributed by atoms with Crippen LogP contribution in [0.4, 0.5) is 4.79 Å². The second-order valence-corrected chi connectivity index (χ2v) is 8.89. The predicted molar refractivity (Wildman–Crippen MR) is 101 cm³/mol. The molecule has 2 amide bonds. The molecule has 2 saturated heterocycles. The van der Waals surface area contributed by atoms with Crippen LogP contribution in [0.3, 0.4) is 0 Å². The number of carbonyl (C=O) groups excluding carboxylic acids is 1. The van der Waals surface area contributed by atoms with Gasteiger partial charge in [0.25, 0.3) is 0 Å². The highest BCUT2D eigenvalue weighted by molar-refractivity contribution is 7.88. The maximum Gasteiger partial charge on any atom is 0.317 e. The monoisotopic (exact) mass is 397 g/mol. The number of carbonyl (C=O) groups is 1. The van der Waals surface area contributed by atoms with Crippen LogP contribution in [-0.2, 0) is 21.3 Å². The molecule has 27 heavy (non-hydrogen) atoms. The molecular formula is C18H27N3O5S. The van der Waals surface area contributed by atoms with E-state index in [2.05, 4.69) is 5.32 Å². The lowest BCUT2D eigenvalue weighted by Gasteiger charge is -2.47. The number of hydrogen-bond donors (Lipinski definition) is 1. The van der Waals surface area contributed by atoms with Crippen LogP contribution in [-0.4, -0.2) is 75.4 Å². The molecular weight excluding hydrogens is 370 g/mol. The number of ether oxygens (including phenoxy) is 2. The van der Waals surface area contributed by atoms with Gasteiger partial charge in [-0.15, -0.1) is 0 Å². The smallest absolute Gasteiger partial charge is 0.317 e. The zero-order chi connectivity index (χ0) is 19.4. The minimum atomic E-state index is -3.33. The van der Waals surface area contributed by atoms with Gasteiger partial charge in [-0.05, 0) is 30.5 Å². The van der Waals surface area contributed by atoms with E-state index in [1.54, 1.807) is 16.3 Å². The summed E-state index contributed by atoms with van der Waals surface area (Å²) in [5.74, 6) is 0.768. The van der Waals surface area contributed by atoms with E-state index in [1.165, 1.54) is 6.26 Å². The SMILES string of the molecule is COc1ccc(CNC(=O)N2CC(N(C3CCOCC3)S(C)(=O)=O)C2)cc1. The number of sulfonamides is 1. The molecule has 0 atom stereocenters. The topological polar surface area (TPSA) is 88.2 Å². The van der Waals surface area contributed by atoms with Crippen LogP contribution in [0.2, 0.25) is 0 Å². The summed E-state index contributed by atoms with van der Waals surface area (Å²) < 4.78 is 36.6. The number of hydrogen-bond acceptors (Lipinski definition) is 5. The van der Waals surface area contributed by atoms with Crippen LogP contribution in [0.5, 0.6) is 5.75 Å². The van der Waals surface area contributed by atoms with Crippen molar-refractivity contribution >= 4 is 16.1 Å². The van der Waals surface area contributed by atoms with Crippen molar-refractivity contribution in [1.82, 2.24) is 14.5 Å². The number of nitrogens with one attached hydrogen (secondary N) is 1. The largest absolute Gasteiger partial charge is 0.497 e. The molecule has 150 valence electrons. The fourth-order valence-electron chi connectivity index (χ4n) is 3.59. The summed E-state index contributed by atoms with van der Waals surface area (Å²) in [6, 6.07) is 7.11. The molecule has 1 aromatic rings. The van der Waals surface area contributed by atoms with Crippen molar-refractivity contribution in [3.8, 4) is 5.75 Å². The van der Waals surface area contributed by atoms with E-state index in [-0.39, 0.29) is 18.1 Å². The fraction of sp³-hybridized carbons (Fsp3) is 0.611. The van der Waals surface area contributed by atoms with Gasteiger partial charge in [-0.2, -0.15) is 4.31 Å². The highest BCUT2D eigenvalue weighted by Crippen LogP contribution is 2.25. The summed E-state index contributed by atoms with van der Waals surface area (Å²) in [5, 5.41) is 2.87. The molecule has 0 unspecified atom stereocenters. The Morgan fingerprint density at radius 2 is 1.85 bits per heavy atom. The Labute approximate surface area is 160 Å². The Bertz CT molecular complexity index is 741. The molecule has 1 aromatic carbocycles. The fourth-order valence-corrected chi connectivity index (χ4v) is 5.02. The molecule has 0 aliphatic carbocycles. The van der Waals surface area contributed by atoms with E-state index in [4.69, 9.17) is 9.47 Å². The van der Waals surface area contributed by atoms with Gasteiger partial charge in [0, 0.05) is 38.9 Å². The number of nitrogens with zero attached hydrogens (tertiary/aromatic N) is 2. The lowest BCUT2D eigenvalue weighted by atomic mass is 10.0. The van der Waals surface area contributed by atoms with Gasteiger partial charge >= 0.3 is 6.03 Å². The van der Waals surface area contributed by atoms with E-state index in [1.807, 2.05) is 24.3 Å². The van der Waals surface area contributed by atoms with E-state index in [0.29, 0.717) is 45.7 Å². The van der Waals surface area contributed by atoms with Gasteiger partial charge in [-0.25, -0.2) is 13.2 Å². The third-order valence-electron chi connectivity index (χ3n) is 5.05. The Kier molecular flexibility index (Phi) is 6.23. The van der Waals surface area contributed by atoms with Crippen molar-refractivity contribution in [2.24, 2.45) is 0 Å². The van der Waals surface area contributed by atoms with Crippen molar-refractivity contribution < 1.29 is 22.7 Å². The highest BCUT2D eigenvalue weighted by Gasteiger charge is 2.42. The van der Waals surface area contributed by atoms with E-state index in [0.717, 1.165) is 11.3 Å². The molecule has 0 spiro atoms. The van der Waals surface area contributed by atoms with Crippen molar-refractivity contribution in [2.75, 3.05) is 39.7 Å². The molecule has 2 fully saturated rings.